The molecular formula is C18H19F2NO. The summed E-state index contributed by atoms with van der Waals surface area (Å²) in [6.07, 6.45) is 1.92. The predicted molar refractivity (Wildman–Crippen MR) is 83.8 cm³/mol. The van der Waals surface area contributed by atoms with Crippen LogP contribution < -0.4 is 4.90 Å². The number of carbonyl (C=O) groups is 1. The van der Waals surface area contributed by atoms with Crippen LogP contribution in [0, 0.1) is 11.6 Å². The van der Waals surface area contributed by atoms with Gasteiger partial charge < -0.3 is 4.90 Å². The van der Waals surface area contributed by atoms with E-state index >= 15 is 0 Å². The summed E-state index contributed by atoms with van der Waals surface area (Å²) in [4.78, 5) is 13.8. The molecule has 2 rings (SSSR count). The molecule has 0 unspecified atom stereocenters. The second-order valence-corrected chi connectivity index (χ2v) is 5.08. The minimum Gasteiger partial charge on any atom is -0.313 e. The largest absolute Gasteiger partial charge is 0.313 e. The van der Waals surface area contributed by atoms with E-state index in [-0.39, 0.29) is 5.91 Å². The zero-order valence-corrected chi connectivity index (χ0v) is 12.6. The lowest BCUT2D eigenvalue weighted by Crippen LogP contribution is -2.30. The van der Waals surface area contributed by atoms with Gasteiger partial charge in [0.25, 0.3) is 0 Å². The van der Waals surface area contributed by atoms with Crippen molar-refractivity contribution in [3.05, 3.63) is 65.7 Å². The van der Waals surface area contributed by atoms with Crippen molar-refractivity contribution >= 4 is 11.6 Å². The number of aryl methyl sites for hydroxylation is 1. The Balaban J connectivity index is 1.95. The summed E-state index contributed by atoms with van der Waals surface area (Å²) in [5.41, 5.74) is 1.58. The molecule has 116 valence electrons. The SMILES string of the molecule is CCN(C(=O)CCCc1ccccc1)c1ccc(F)c(F)c1. The van der Waals surface area contributed by atoms with Crippen LogP contribution in [0.15, 0.2) is 48.5 Å². The number of amides is 1. The van der Waals surface area contributed by atoms with Gasteiger partial charge in [0, 0.05) is 24.7 Å². The van der Waals surface area contributed by atoms with Crippen molar-refractivity contribution in [2.45, 2.75) is 26.2 Å². The molecule has 22 heavy (non-hydrogen) atoms. The molecule has 0 N–H and O–H groups in total. The van der Waals surface area contributed by atoms with Gasteiger partial charge in [-0.15, -0.1) is 0 Å². The van der Waals surface area contributed by atoms with Crippen LogP contribution >= 0.6 is 0 Å². The molecule has 2 aromatic rings. The molecule has 0 aliphatic rings. The molecule has 0 aromatic heterocycles. The van der Waals surface area contributed by atoms with E-state index in [1.165, 1.54) is 16.5 Å². The summed E-state index contributed by atoms with van der Waals surface area (Å²) in [5, 5.41) is 0. The fourth-order valence-electron chi connectivity index (χ4n) is 2.38. The summed E-state index contributed by atoms with van der Waals surface area (Å²) >= 11 is 0. The molecule has 0 radical (unpaired) electrons. The van der Waals surface area contributed by atoms with Gasteiger partial charge >= 0.3 is 0 Å². The van der Waals surface area contributed by atoms with Crippen LogP contribution in [0.1, 0.15) is 25.3 Å². The Kier molecular flexibility index (Phi) is 5.64. The Morgan fingerprint density at radius 2 is 1.77 bits per heavy atom. The number of anilines is 1. The standard InChI is InChI=1S/C18H19F2NO/c1-2-21(15-11-12-16(19)17(20)13-15)18(22)10-6-9-14-7-4-3-5-8-14/h3-5,7-8,11-13H,2,6,9-10H2,1H3. The van der Waals surface area contributed by atoms with E-state index in [0.29, 0.717) is 18.7 Å². The van der Waals surface area contributed by atoms with Crippen LogP contribution in [-0.4, -0.2) is 12.5 Å². The molecule has 4 heteroatoms. The van der Waals surface area contributed by atoms with Crippen LogP contribution in [0.3, 0.4) is 0 Å². The fourth-order valence-corrected chi connectivity index (χ4v) is 2.38. The van der Waals surface area contributed by atoms with Crippen LogP contribution in [0.25, 0.3) is 0 Å². The lowest BCUT2D eigenvalue weighted by atomic mass is 10.1. The third-order valence-electron chi connectivity index (χ3n) is 3.53. The number of benzene rings is 2. The average molecular weight is 303 g/mol. The molecule has 1 amide bonds. The summed E-state index contributed by atoms with van der Waals surface area (Å²) < 4.78 is 26.3. The van der Waals surface area contributed by atoms with Gasteiger partial charge in [0.1, 0.15) is 0 Å². The van der Waals surface area contributed by atoms with E-state index in [1.807, 2.05) is 37.3 Å². The van der Waals surface area contributed by atoms with Gasteiger partial charge in [-0.1, -0.05) is 30.3 Å². The van der Waals surface area contributed by atoms with Gasteiger partial charge in [0.15, 0.2) is 11.6 Å². The molecular weight excluding hydrogens is 284 g/mol. The Morgan fingerprint density at radius 1 is 1.05 bits per heavy atom. The number of halogens is 2. The van der Waals surface area contributed by atoms with Gasteiger partial charge in [-0.25, -0.2) is 8.78 Å². The van der Waals surface area contributed by atoms with E-state index in [9.17, 15) is 13.6 Å². The van der Waals surface area contributed by atoms with E-state index < -0.39 is 11.6 Å². The minimum absolute atomic E-state index is 0.0792. The van der Waals surface area contributed by atoms with E-state index in [0.717, 1.165) is 25.0 Å². The molecule has 2 nitrogen and oxygen atoms in total. The number of hydrogen-bond donors (Lipinski definition) is 0. The predicted octanol–water partition coefficient (Wildman–Crippen LogP) is 4.34. The maximum absolute atomic E-state index is 13.3. The topological polar surface area (TPSA) is 20.3 Å². The van der Waals surface area contributed by atoms with Crippen molar-refractivity contribution in [3.63, 3.8) is 0 Å². The van der Waals surface area contributed by atoms with Crippen molar-refractivity contribution < 1.29 is 13.6 Å². The lowest BCUT2D eigenvalue weighted by Gasteiger charge is -2.21. The zero-order chi connectivity index (χ0) is 15.9. The highest BCUT2D eigenvalue weighted by molar-refractivity contribution is 5.93. The molecule has 0 saturated heterocycles. The highest BCUT2D eigenvalue weighted by atomic mass is 19.2. The Morgan fingerprint density at radius 3 is 2.41 bits per heavy atom. The van der Waals surface area contributed by atoms with Crippen molar-refractivity contribution in [1.82, 2.24) is 0 Å². The normalized spacial score (nSPS) is 10.5. The van der Waals surface area contributed by atoms with Gasteiger partial charge in [-0.2, -0.15) is 0 Å². The van der Waals surface area contributed by atoms with Gasteiger partial charge in [0.2, 0.25) is 5.91 Å². The molecule has 0 aliphatic heterocycles. The summed E-state index contributed by atoms with van der Waals surface area (Å²) in [6, 6.07) is 13.5. The number of rotatable bonds is 6. The second-order valence-electron chi connectivity index (χ2n) is 5.08. The highest BCUT2D eigenvalue weighted by Gasteiger charge is 2.15. The zero-order valence-electron chi connectivity index (χ0n) is 12.6. The molecule has 0 heterocycles. The van der Waals surface area contributed by atoms with E-state index in [1.54, 1.807) is 0 Å². The first-order valence-electron chi connectivity index (χ1n) is 7.41. The monoisotopic (exact) mass is 303 g/mol. The first-order valence-corrected chi connectivity index (χ1v) is 7.41. The third-order valence-corrected chi connectivity index (χ3v) is 3.53. The first kappa shape index (κ1) is 16.1. The van der Waals surface area contributed by atoms with Crippen molar-refractivity contribution in [3.8, 4) is 0 Å². The van der Waals surface area contributed by atoms with Crippen LogP contribution in [0.2, 0.25) is 0 Å². The number of hydrogen-bond acceptors (Lipinski definition) is 1. The lowest BCUT2D eigenvalue weighted by molar-refractivity contribution is -0.118. The second kappa shape index (κ2) is 7.69. The third kappa shape index (κ3) is 4.13. The Hall–Kier alpha value is -2.23. The molecule has 0 saturated carbocycles. The summed E-state index contributed by atoms with van der Waals surface area (Å²) in [5.74, 6) is -1.92. The van der Waals surface area contributed by atoms with Crippen LogP contribution in [0.5, 0.6) is 0 Å². The highest BCUT2D eigenvalue weighted by Crippen LogP contribution is 2.19. The smallest absolute Gasteiger partial charge is 0.226 e. The Labute approximate surface area is 129 Å². The number of nitrogens with zero attached hydrogens (tertiary/aromatic N) is 1. The van der Waals surface area contributed by atoms with Gasteiger partial charge in [-0.05, 0) is 37.5 Å². The van der Waals surface area contributed by atoms with Crippen molar-refractivity contribution in [1.29, 1.82) is 0 Å². The van der Waals surface area contributed by atoms with Crippen molar-refractivity contribution in [2.75, 3.05) is 11.4 Å². The number of carbonyl (C=O) groups excluding carboxylic acids is 1. The minimum atomic E-state index is -0.937. The maximum Gasteiger partial charge on any atom is 0.226 e. The fraction of sp³-hybridized carbons (Fsp3) is 0.278. The first-order chi connectivity index (χ1) is 10.6. The molecule has 0 atom stereocenters. The maximum atomic E-state index is 13.3. The Bertz CT molecular complexity index is 628. The van der Waals surface area contributed by atoms with Crippen LogP contribution in [-0.2, 0) is 11.2 Å². The molecule has 0 spiro atoms. The molecule has 0 aliphatic carbocycles. The van der Waals surface area contributed by atoms with Crippen molar-refractivity contribution in [2.24, 2.45) is 0 Å². The average Bonchev–Trinajstić information content (AvgIpc) is 2.52. The van der Waals surface area contributed by atoms with Gasteiger partial charge in [0.05, 0.1) is 0 Å². The van der Waals surface area contributed by atoms with Gasteiger partial charge in [-0.3, -0.25) is 4.79 Å². The van der Waals surface area contributed by atoms with Crippen LogP contribution in [0.4, 0.5) is 14.5 Å². The molecule has 2 aromatic carbocycles. The summed E-state index contributed by atoms with van der Waals surface area (Å²) in [7, 11) is 0. The summed E-state index contributed by atoms with van der Waals surface area (Å²) in [6.45, 7) is 2.24. The van der Waals surface area contributed by atoms with E-state index in [4.69, 9.17) is 0 Å². The molecule has 0 fully saturated rings. The quantitative estimate of drug-likeness (QED) is 0.777. The molecule has 0 bridgehead atoms. The van der Waals surface area contributed by atoms with E-state index in [2.05, 4.69) is 0 Å².